The van der Waals surface area contributed by atoms with Crippen molar-refractivity contribution in [3.05, 3.63) is 28.3 Å². The van der Waals surface area contributed by atoms with Gasteiger partial charge in [-0.1, -0.05) is 0 Å². The highest BCUT2D eigenvalue weighted by Crippen LogP contribution is 2.29. The monoisotopic (exact) mass is 311 g/mol. The first-order chi connectivity index (χ1) is 9.65. The van der Waals surface area contributed by atoms with Crippen molar-refractivity contribution in [2.45, 2.75) is 22.4 Å². The van der Waals surface area contributed by atoms with Gasteiger partial charge in [0.15, 0.2) is 4.34 Å². The number of piperidine rings is 1. The molecule has 1 unspecified atom stereocenters. The molecular weight excluding hydrogens is 298 g/mol. The molecule has 8 heteroatoms. The van der Waals surface area contributed by atoms with Crippen LogP contribution in [-0.2, 0) is 10.8 Å². The lowest BCUT2D eigenvalue weighted by Crippen LogP contribution is -2.33. The summed E-state index contributed by atoms with van der Waals surface area (Å²) < 4.78 is 13.9. The maximum Gasteiger partial charge on any atom is 0.271 e. The number of rotatable bonds is 3. The van der Waals surface area contributed by atoms with E-state index in [2.05, 4.69) is 10.3 Å². The van der Waals surface area contributed by atoms with Crippen molar-refractivity contribution in [1.29, 1.82) is 0 Å². The fourth-order valence-electron chi connectivity index (χ4n) is 2.25. The van der Waals surface area contributed by atoms with Crippen LogP contribution in [0.15, 0.2) is 22.5 Å². The number of hydrogen-bond acceptors (Lipinski definition) is 6. The van der Waals surface area contributed by atoms with Gasteiger partial charge in [-0.25, -0.2) is 4.98 Å². The second-order valence-corrected chi connectivity index (χ2v) is 7.57. The van der Waals surface area contributed by atoms with E-state index in [0.717, 1.165) is 30.6 Å². The molecule has 0 radical (unpaired) electrons. The van der Waals surface area contributed by atoms with Gasteiger partial charge in [-0.2, -0.15) is 0 Å². The zero-order chi connectivity index (χ0) is 14.1. The summed E-state index contributed by atoms with van der Waals surface area (Å²) in [5, 5.41) is 14.1. The molecule has 0 aliphatic carbocycles. The van der Waals surface area contributed by atoms with Gasteiger partial charge in [-0.15, -0.1) is 11.3 Å². The Morgan fingerprint density at radius 3 is 2.85 bits per heavy atom. The fourth-order valence-corrected chi connectivity index (χ4v) is 5.07. The first-order valence-corrected chi connectivity index (χ1v) is 8.34. The van der Waals surface area contributed by atoms with Gasteiger partial charge in [-0.3, -0.25) is 14.3 Å². The van der Waals surface area contributed by atoms with E-state index < -0.39 is 15.7 Å². The average Bonchev–Trinajstić information content (AvgIpc) is 2.90. The summed E-state index contributed by atoms with van der Waals surface area (Å²) >= 11 is 1.37. The van der Waals surface area contributed by atoms with Crippen molar-refractivity contribution >= 4 is 38.0 Å². The van der Waals surface area contributed by atoms with Gasteiger partial charge in [0.05, 0.1) is 25.9 Å². The van der Waals surface area contributed by atoms with Crippen LogP contribution in [-0.4, -0.2) is 32.5 Å². The number of nitrogens with zero attached hydrogens (tertiary/aromatic N) is 2. The Morgan fingerprint density at radius 2 is 2.15 bits per heavy atom. The molecule has 0 amide bonds. The average molecular weight is 311 g/mol. The maximum absolute atomic E-state index is 12.5. The number of hydrogen-bond donors (Lipinski definition) is 1. The molecule has 20 heavy (non-hydrogen) atoms. The molecule has 0 bridgehead atoms. The van der Waals surface area contributed by atoms with Crippen molar-refractivity contribution in [1.82, 2.24) is 10.3 Å². The van der Waals surface area contributed by atoms with Gasteiger partial charge in [0, 0.05) is 17.4 Å². The van der Waals surface area contributed by atoms with Crippen LogP contribution in [0.4, 0.5) is 5.69 Å². The van der Waals surface area contributed by atoms with Crippen LogP contribution in [0.2, 0.25) is 0 Å². The lowest BCUT2D eigenvalue weighted by atomic mass is 10.2. The van der Waals surface area contributed by atoms with Crippen LogP contribution in [0.5, 0.6) is 0 Å². The Hall–Kier alpha value is -1.38. The van der Waals surface area contributed by atoms with Crippen LogP contribution in [0.3, 0.4) is 0 Å². The molecule has 1 fully saturated rings. The van der Waals surface area contributed by atoms with Crippen LogP contribution in [0.1, 0.15) is 12.8 Å². The smallest absolute Gasteiger partial charge is 0.271 e. The first kappa shape index (κ1) is 13.6. The SMILES string of the molecule is O=[N+]([O-])c1ccc2sc(S(=O)C3CCNCC3)nc2c1. The minimum atomic E-state index is -1.12. The van der Waals surface area contributed by atoms with Crippen LogP contribution >= 0.6 is 11.3 Å². The number of non-ortho nitro benzene ring substituents is 1. The maximum atomic E-state index is 12.5. The van der Waals surface area contributed by atoms with E-state index in [9.17, 15) is 14.3 Å². The van der Waals surface area contributed by atoms with E-state index in [1.54, 1.807) is 6.07 Å². The molecule has 2 aromatic rings. The summed E-state index contributed by atoms with van der Waals surface area (Å²) in [5.41, 5.74) is 0.573. The minimum Gasteiger partial charge on any atom is -0.317 e. The van der Waals surface area contributed by atoms with Gasteiger partial charge in [-0.05, 0) is 32.0 Å². The Morgan fingerprint density at radius 1 is 1.40 bits per heavy atom. The van der Waals surface area contributed by atoms with Gasteiger partial charge in [0.2, 0.25) is 0 Å². The molecule has 1 aliphatic rings. The number of nitro benzene ring substituents is 1. The van der Waals surface area contributed by atoms with E-state index in [1.165, 1.54) is 23.5 Å². The zero-order valence-corrected chi connectivity index (χ0v) is 12.2. The first-order valence-electron chi connectivity index (χ1n) is 6.31. The van der Waals surface area contributed by atoms with E-state index in [-0.39, 0.29) is 10.9 Å². The highest BCUT2D eigenvalue weighted by atomic mass is 32.2. The summed E-state index contributed by atoms with van der Waals surface area (Å²) in [6.07, 6.45) is 1.76. The van der Waals surface area contributed by atoms with Gasteiger partial charge < -0.3 is 5.32 Å². The molecule has 1 atom stereocenters. The molecular formula is C12H13N3O3S2. The largest absolute Gasteiger partial charge is 0.317 e. The normalized spacial score (nSPS) is 18.2. The summed E-state index contributed by atoms with van der Waals surface area (Å²) in [4.78, 5) is 14.6. The molecule has 1 saturated heterocycles. The van der Waals surface area contributed by atoms with E-state index in [0.29, 0.717) is 9.86 Å². The molecule has 0 saturated carbocycles. The standard InChI is InChI=1S/C12H13N3O3S2/c16-15(17)8-1-2-11-10(7-8)14-12(19-11)20(18)9-3-5-13-6-4-9/h1-2,7,9,13H,3-6H2. The quantitative estimate of drug-likeness (QED) is 0.693. The number of aromatic nitrogens is 1. The van der Waals surface area contributed by atoms with E-state index in [4.69, 9.17) is 0 Å². The minimum absolute atomic E-state index is 0.0157. The predicted molar refractivity (Wildman–Crippen MR) is 78.6 cm³/mol. The highest BCUT2D eigenvalue weighted by molar-refractivity contribution is 7.88. The Bertz CT molecular complexity index is 680. The van der Waals surface area contributed by atoms with Gasteiger partial charge >= 0.3 is 0 Å². The molecule has 1 aromatic carbocycles. The number of benzene rings is 1. The van der Waals surface area contributed by atoms with Crippen molar-refractivity contribution in [3.63, 3.8) is 0 Å². The fraction of sp³-hybridized carbons (Fsp3) is 0.417. The summed E-state index contributed by atoms with van der Waals surface area (Å²) in [6, 6.07) is 4.57. The molecule has 106 valence electrons. The third kappa shape index (κ3) is 2.58. The number of fused-ring (bicyclic) bond motifs is 1. The lowest BCUT2D eigenvalue weighted by molar-refractivity contribution is -0.384. The summed E-state index contributed by atoms with van der Waals surface area (Å²) in [6.45, 7) is 1.76. The Kier molecular flexibility index (Phi) is 3.77. The predicted octanol–water partition coefficient (Wildman–Crippen LogP) is 2.06. The number of nitrogens with one attached hydrogen (secondary N) is 1. The van der Waals surface area contributed by atoms with Gasteiger partial charge in [0.25, 0.3) is 5.69 Å². The second-order valence-electron chi connectivity index (χ2n) is 4.64. The van der Waals surface area contributed by atoms with Crippen molar-refractivity contribution in [2.24, 2.45) is 0 Å². The highest BCUT2D eigenvalue weighted by Gasteiger charge is 2.24. The molecule has 1 N–H and O–H groups in total. The molecule has 1 aromatic heterocycles. The molecule has 6 nitrogen and oxygen atoms in total. The van der Waals surface area contributed by atoms with Crippen LogP contribution in [0.25, 0.3) is 10.2 Å². The van der Waals surface area contributed by atoms with Crippen LogP contribution in [0, 0.1) is 10.1 Å². The molecule has 2 heterocycles. The summed E-state index contributed by atoms with van der Waals surface area (Å²) in [5.74, 6) is 0. The molecule has 3 rings (SSSR count). The van der Waals surface area contributed by atoms with E-state index in [1.807, 2.05) is 0 Å². The topological polar surface area (TPSA) is 85.1 Å². The van der Waals surface area contributed by atoms with Crippen LogP contribution < -0.4 is 5.32 Å². The Labute approximate surface area is 121 Å². The number of nitro groups is 1. The second kappa shape index (κ2) is 5.55. The Balaban J connectivity index is 1.92. The zero-order valence-electron chi connectivity index (χ0n) is 10.6. The third-order valence-corrected chi connectivity index (χ3v) is 6.41. The van der Waals surface area contributed by atoms with Gasteiger partial charge in [0.1, 0.15) is 0 Å². The summed E-state index contributed by atoms with van der Waals surface area (Å²) in [7, 11) is -1.12. The number of thiazole rings is 1. The van der Waals surface area contributed by atoms with Crippen molar-refractivity contribution in [3.8, 4) is 0 Å². The molecule has 0 spiro atoms. The van der Waals surface area contributed by atoms with E-state index >= 15 is 0 Å². The molecule has 1 aliphatic heterocycles. The third-order valence-electron chi connectivity index (χ3n) is 3.32. The lowest BCUT2D eigenvalue weighted by Gasteiger charge is -2.20. The van der Waals surface area contributed by atoms with Crippen molar-refractivity contribution < 1.29 is 9.13 Å². The van der Waals surface area contributed by atoms with Crippen molar-refractivity contribution in [2.75, 3.05) is 13.1 Å².